The number of rotatable bonds is 7. The highest BCUT2D eigenvalue weighted by atomic mass is 19.3. The van der Waals surface area contributed by atoms with Gasteiger partial charge in [0.15, 0.2) is 0 Å². The van der Waals surface area contributed by atoms with Crippen molar-refractivity contribution in [3.8, 4) is 0 Å². The van der Waals surface area contributed by atoms with Crippen LogP contribution >= 0.6 is 0 Å². The molecule has 40 heavy (non-hydrogen) atoms. The van der Waals surface area contributed by atoms with Gasteiger partial charge in [-0.15, -0.1) is 0 Å². The van der Waals surface area contributed by atoms with E-state index in [9.17, 15) is 31.9 Å². The Labute approximate surface area is 227 Å². The summed E-state index contributed by atoms with van der Waals surface area (Å²) in [7, 11) is 0. The van der Waals surface area contributed by atoms with Gasteiger partial charge in [0.05, 0.1) is 24.7 Å². The summed E-state index contributed by atoms with van der Waals surface area (Å²) in [6, 6.07) is 9.39. The second-order valence-electron chi connectivity index (χ2n) is 10.3. The molecule has 1 aliphatic carbocycles. The maximum atomic E-state index is 15.0. The molecule has 1 aromatic carbocycles. The Kier molecular flexibility index (Phi) is 7.39. The molecule has 2 fully saturated rings. The van der Waals surface area contributed by atoms with E-state index in [2.05, 4.69) is 21.9 Å². The van der Waals surface area contributed by atoms with Gasteiger partial charge in [-0.1, -0.05) is 43.0 Å². The number of nitrogens with one attached hydrogen (secondary N) is 1. The van der Waals surface area contributed by atoms with Crippen LogP contribution in [0.15, 0.2) is 71.3 Å². The number of hydrogen-bond donors (Lipinski definition) is 1. The van der Waals surface area contributed by atoms with Crippen molar-refractivity contribution in [3.63, 3.8) is 0 Å². The van der Waals surface area contributed by atoms with Crippen molar-refractivity contribution in [2.45, 2.75) is 55.8 Å². The number of nitrogens with zero attached hydrogens (tertiary/aromatic N) is 3. The average Bonchev–Trinajstić information content (AvgIpc) is 3.30. The summed E-state index contributed by atoms with van der Waals surface area (Å²) in [4.78, 5) is 46.8. The van der Waals surface area contributed by atoms with Crippen molar-refractivity contribution >= 4 is 23.9 Å². The SMILES string of the molecule is C=C1C=C(CC(=O)N2C[C@H](F)C[C@H]2C(=O)N[C@@H](c2ccccc2)c2ccc(C3CC(F)(F)C3)c(F)n2)C=NC1=O. The van der Waals surface area contributed by atoms with Crippen LogP contribution in [0.25, 0.3) is 0 Å². The van der Waals surface area contributed by atoms with Gasteiger partial charge in [0, 0.05) is 36.6 Å². The van der Waals surface area contributed by atoms with Gasteiger partial charge in [-0.05, 0) is 29.2 Å². The van der Waals surface area contributed by atoms with Crippen LogP contribution in [-0.2, 0) is 14.4 Å². The number of benzene rings is 1. The van der Waals surface area contributed by atoms with E-state index in [-0.39, 0.29) is 36.2 Å². The van der Waals surface area contributed by atoms with E-state index in [4.69, 9.17) is 0 Å². The number of carbonyl (C=O) groups excluding carboxylic acids is 3. The van der Waals surface area contributed by atoms with E-state index in [1.54, 1.807) is 30.3 Å². The third-order valence-corrected chi connectivity index (χ3v) is 7.35. The Morgan fingerprint density at radius 3 is 2.52 bits per heavy atom. The molecule has 2 aromatic rings. The summed E-state index contributed by atoms with van der Waals surface area (Å²) < 4.78 is 56.1. The average molecular weight is 555 g/mol. The first-order valence-corrected chi connectivity index (χ1v) is 12.8. The van der Waals surface area contributed by atoms with Crippen LogP contribution in [0.3, 0.4) is 0 Å². The zero-order valence-electron chi connectivity index (χ0n) is 21.3. The molecule has 2 aliphatic heterocycles. The van der Waals surface area contributed by atoms with Crippen molar-refractivity contribution in [3.05, 3.63) is 89.0 Å². The quantitative estimate of drug-likeness (QED) is 0.313. The van der Waals surface area contributed by atoms with Crippen LogP contribution in [0.4, 0.5) is 17.6 Å². The minimum absolute atomic E-state index is 0.0885. The van der Waals surface area contributed by atoms with Gasteiger partial charge >= 0.3 is 0 Å². The molecule has 5 rings (SSSR count). The monoisotopic (exact) mass is 554 g/mol. The third-order valence-electron chi connectivity index (χ3n) is 7.35. The highest BCUT2D eigenvalue weighted by Crippen LogP contribution is 2.48. The molecule has 3 atom stereocenters. The van der Waals surface area contributed by atoms with Gasteiger partial charge in [-0.3, -0.25) is 14.4 Å². The molecule has 1 saturated heterocycles. The Morgan fingerprint density at radius 1 is 1.15 bits per heavy atom. The van der Waals surface area contributed by atoms with E-state index in [0.717, 1.165) is 4.90 Å². The third kappa shape index (κ3) is 5.73. The molecule has 0 bridgehead atoms. The minimum Gasteiger partial charge on any atom is -0.342 e. The first kappa shape index (κ1) is 27.4. The zero-order chi connectivity index (χ0) is 28.6. The molecule has 208 valence electrons. The lowest BCUT2D eigenvalue weighted by Gasteiger charge is -2.35. The minimum atomic E-state index is -2.82. The number of pyridine rings is 1. The van der Waals surface area contributed by atoms with Crippen molar-refractivity contribution in [1.29, 1.82) is 0 Å². The van der Waals surface area contributed by atoms with Crippen LogP contribution in [0, 0.1) is 5.95 Å². The molecule has 1 saturated carbocycles. The Morgan fingerprint density at radius 2 is 1.88 bits per heavy atom. The number of alkyl halides is 3. The van der Waals surface area contributed by atoms with Gasteiger partial charge in [0.2, 0.25) is 23.7 Å². The van der Waals surface area contributed by atoms with Crippen molar-refractivity contribution in [2.24, 2.45) is 4.99 Å². The summed E-state index contributed by atoms with van der Waals surface area (Å²) >= 11 is 0. The normalized spacial score (nSPS) is 23.0. The predicted molar refractivity (Wildman–Crippen MR) is 138 cm³/mol. The Balaban J connectivity index is 1.36. The lowest BCUT2D eigenvalue weighted by molar-refractivity contribution is -0.138. The lowest BCUT2D eigenvalue weighted by atomic mass is 9.77. The van der Waals surface area contributed by atoms with E-state index in [1.807, 2.05) is 0 Å². The molecule has 1 N–H and O–H groups in total. The highest BCUT2D eigenvalue weighted by Gasteiger charge is 2.47. The summed E-state index contributed by atoms with van der Waals surface area (Å²) in [5, 5.41) is 2.78. The number of carbonyl (C=O) groups is 3. The molecule has 0 unspecified atom stereocenters. The fraction of sp³-hybridized carbons (Fsp3) is 0.345. The molecule has 0 spiro atoms. The number of likely N-dealkylation sites (tertiary alicyclic amines) is 1. The molecule has 3 amide bonds. The lowest BCUT2D eigenvalue weighted by Crippen LogP contribution is -2.47. The van der Waals surface area contributed by atoms with Gasteiger partial charge in [0.25, 0.3) is 5.91 Å². The van der Waals surface area contributed by atoms with Crippen molar-refractivity contribution in [1.82, 2.24) is 15.2 Å². The molecule has 7 nitrogen and oxygen atoms in total. The van der Waals surface area contributed by atoms with Crippen molar-refractivity contribution in [2.75, 3.05) is 6.54 Å². The molecule has 0 radical (unpaired) electrons. The Bertz CT molecular complexity index is 1420. The second-order valence-corrected chi connectivity index (χ2v) is 10.3. The van der Waals surface area contributed by atoms with Crippen molar-refractivity contribution < 1.29 is 31.9 Å². The fourth-order valence-corrected chi connectivity index (χ4v) is 5.25. The smallest absolute Gasteiger partial charge is 0.276 e. The number of hydrogen-bond acceptors (Lipinski definition) is 4. The van der Waals surface area contributed by atoms with Crippen LogP contribution in [0.1, 0.15) is 54.5 Å². The largest absolute Gasteiger partial charge is 0.342 e. The van der Waals surface area contributed by atoms with Gasteiger partial charge < -0.3 is 10.2 Å². The topological polar surface area (TPSA) is 91.7 Å². The summed E-state index contributed by atoms with van der Waals surface area (Å²) in [6.45, 7) is 3.29. The second kappa shape index (κ2) is 10.8. The fourth-order valence-electron chi connectivity index (χ4n) is 5.25. The molecule has 11 heteroatoms. The van der Waals surface area contributed by atoms with Gasteiger partial charge in [-0.2, -0.15) is 4.39 Å². The first-order valence-electron chi connectivity index (χ1n) is 12.8. The number of dihydropyridines is 1. The standard InChI is InChI=1S/C29H26F4N4O3/c1-16-9-17(14-34-27(16)39)10-24(38)37-15-20(30)11-23(37)28(40)36-25(18-5-3-2-4-6-18)22-8-7-21(26(31)35-22)19-12-29(32,33)13-19/h2-9,14,19-20,23,25H,1,10-13,15H2,(H,36,40)/t20-,23+,25+/m1/s1. The number of halogens is 4. The summed E-state index contributed by atoms with van der Waals surface area (Å²) in [5.41, 5.74) is 1.30. The van der Waals surface area contributed by atoms with E-state index in [0.29, 0.717) is 11.1 Å². The zero-order valence-corrected chi connectivity index (χ0v) is 21.3. The van der Waals surface area contributed by atoms with Gasteiger partial charge in [0.1, 0.15) is 12.2 Å². The van der Waals surface area contributed by atoms with Crippen LogP contribution < -0.4 is 5.32 Å². The van der Waals surface area contributed by atoms with Crippen LogP contribution in [0.5, 0.6) is 0 Å². The molecular weight excluding hydrogens is 528 g/mol. The van der Waals surface area contributed by atoms with E-state index in [1.165, 1.54) is 24.4 Å². The highest BCUT2D eigenvalue weighted by molar-refractivity contribution is 6.08. The molecule has 3 aliphatic rings. The first-order chi connectivity index (χ1) is 19.0. The van der Waals surface area contributed by atoms with Crippen LogP contribution in [0.2, 0.25) is 0 Å². The maximum Gasteiger partial charge on any atom is 0.276 e. The molecular formula is C29H26F4N4O3. The van der Waals surface area contributed by atoms with Crippen LogP contribution in [-0.4, -0.2) is 58.5 Å². The predicted octanol–water partition coefficient (Wildman–Crippen LogP) is 4.36. The van der Waals surface area contributed by atoms with Gasteiger partial charge in [-0.25, -0.2) is 23.1 Å². The van der Waals surface area contributed by atoms with E-state index >= 15 is 0 Å². The number of aromatic nitrogens is 1. The maximum absolute atomic E-state index is 15.0. The summed E-state index contributed by atoms with van der Waals surface area (Å²) in [6.07, 6.45) is -0.106. The number of amides is 3. The van der Waals surface area contributed by atoms with E-state index < -0.39 is 66.6 Å². The molecule has 3 heterocycles. The number of aliphatic imine (C=N–C) groups is 1. The summed E-state index contributed by atoms with van der Waals surface area (Å²) in [5.74, 6) is -6.05. The molecule has 1 aromatic heterocycles. The Hall–Kier alpha value is -4.15.